The van der Waals surface area contributed by atoms with Gasteiger partial charge in [-0.05, 0) is 61.0 Å². The molecule has 0 saturated carbocycles. The molecule has 8 heteroatoms. The third kappa shape index (κ3) is 5.49. The van der Waals surface area contributed by atoms with Crippen LogP contribution in [0, 0.1) is 6.92 Å². The minimum Gasteiger partial charge on any atom is -0.484 e. The number of carbonyl (C=O) groups is 1. The molecule has 150 valence electrons. The average Bonchev–Trinajstić information content (AvgIpc) is 2.71. The molecule has 0 unspecified atom stereocenters. The topological polar surface area (TPSA) is 84.5 Å². The number of benzene rings is 3. The van der Waals surface area contributed by atoms with Crippen LogP contribution in [-0.4, -0.2) is 20.9 Å². The predicted molar refractivity (Wildman–Crippen MR) is 114 cm³/mol. The number of para-hydroxylation sites is 1. The van der Waals surface area contributed by atoms with Gasteiger partial charge in [0.15, 0.2) is 6.61 Å². The number of hydrogen-bond donors (Lipinski definition) is 2. The summed E-state index contributed by atoms with van der Waals surface area (Å²) in [6, 6.07) is 19.8. The number of hydrogen-bond acceptors (Lipinski definition) is 4. The van der Waals surface area contributed by atoms with Crippen LogP contribution in [0.15, 0.2) is 77.7 Å². The molecular weight excluding hydrogens is 412 g/mol. The second-order valence-corrected chi connectivity index (χ2v) is 8.28. The van der Waals surface area contributed by atoms with Gasteiger partial charge >= 0.3 is 0 Å². The van der Waals surface area contributed by atoms with Gasteiger partial charge in [0.05, 0.1) is 10.6 Å². The molecule has 0 atom stereocenters. The average molecular weight is 431 g/mol. The number of rotatable bonds is 7. The van der Waals surface area contributed by atoms with Gasteiger partial charge in [-0.15, -0.1) is 0 Å². The Morgan fingerprint density at radius 3 is 2.34 bits per heavy atom. The Hall–Kier alpha value is -3.03. The van der Waals surface area contributed by atoms with E-state index in [9.17, 15) is 13.2 Å². The summed E-state index contributed by atoms with van der Waals surface area (Å²) in [5.41, 5.74) is 1.51. The van der Waals surface area contributed by atoms with Crippen LogP contribution in [0.1, 0.15) is 5.56 Å². The first-order chi connectivity index (χ1) is 13.8. The van der Waals surface area contributed by atoms with E-state index in [0.29, 0.717) is 27.7 Å². The molecular formula is C21H19ClN2O4S. The minimum absolute atomic E-state index is 0.0652. The summed E-state index contributed by atoms with van der Waals surface area (Å²) in [7, 11) is -3.79. The number of halogens is 1. The first-order valence-corrected chi connectivity index (χ1v) is 10.6. The fourth-order valence-corrected chi connectivity index (χ4v) is 3.80. The second kappa shape index (κ2) is 8.98. The van der Waals surface area contributed by atoms with E-state index in [0.717, 1.165) is 0 Å². The van der Waals surface area contributed by atoms with Gasteiger partial charge in [-0.25, -0.2) is 8.42 Å². The molecule has 0 bridgehead atoms. The molecule has 0 spiro atoms. The Morgan fingerprint density at radius 1 is 0.966 bits per heavy atom. The number of carbonyl (C=O) groups excluding carboxylic acids is 1. The quantitative estimate of drug-likeness (QED) is 0.579. The monoisotopic (exact) mass is 430 g/mol. The predicted octanol–water partition coefficient (Wildman–Crippen LogP) is 4.47. The molecule has 0 aromatic heterocycles. The highest BCUT2D eigenvalue weighted by Crippen LogP contribution is 2.25. The van der Waals surface area contributed by atoms with E-state index in [1.54, 1.807) is 37.3 Å². The molecule has 3 aromatic carbocycles. The van der Waals surface area contributed by atoms with Crippen LogP contribution in [0.25, 0.3) is 0 Å². The van der Waals surface area contributed by atoms with Crippen LogP contribution in [-0.2, 0) is 14.8 Å². The van der Waals surface area contributed by atoms with E-state index in [2.05, 4.69) is 10.0 Å². The molecule has 2 N–H and O–H groups in total. The molecule has 3 aromatic rings. The first-order valence-electron chi connectivity index (χ1n) is 8.71. The zero-order valence-electron chi connectivity index (χ0n) is 15.6. The third-order valence-electron chi connectivity index (χ3n) is 4.07. The summed E-state index contributed by atoms with van der Waals surface area (Å²) in [5, 5.41) is 3.13. The second-order valence-electron chi connectivity index (χ2n) is 6.19. The fourth-order valence-electron chi connectivity index (χ4n) is 2.50. The highest BCUT2D eigenvalue weighted by Gasteiger charge is 2.16. The van der Waals surface area contributed by atoms with Gasteiger partial charge in [0.25, 0.3) is 15.9 Å². The summed E-state index contributed by atoms with van der Waals surface area (Å²) in [6.45, 7) is 1.58. The van der Waals surface area contributed by atoms with Gasteiger partial charge in [-0.3, -0.25) is 9.52 Å². The molecule has 0 aliphatic rings. The standard InChI is InChI=1S/C21H19ClN2O4S/c1-15-19(22)8-5-9-20(15)24-29(26,27)18-12-10-16(11-13-18)23-21(25)14-28-17-6-3-2-4-7-17/h2-13,24H,14H2,1H3,(H,23,25). The van der Waals surface area contributed by atoms with Crippen LogP contribution in [0.2, 0.25) is 5.02 Å². The van der Waals surface area contributed by atoms with Crippen molar-refractivity contribution in [3.63, 3.8) is 0 Å². The molecule has 3 rings (SSSR count). The van der Waals surface area contributed by atoms with Crippen molar-refractivity contribution in [3.8, 4) is 5.75 Å². The van der Waals surface area contributed by atoms with E-state index in [4.69, 9.17) is 16.3 Å². The fraction of sp³-hybridized carbons (Fsp3) is 0.0952. The Morgan fingerprint density at radius 2 is 1.66 bits per heavy atom. The van der Waals surface area contributed by atoms with Crippen molar-refractivity contribution in [2.45, 2.75) is 11.8 Å². The van der Waals surface area contributed by atoms with Gasteiger partial charge in [0, 0.05) is 10.7 Å². The van der Waals surface area contributed by atoms with E-state index >= 15 is 0 Å². The van der Waals surface area contributed by atoms with Crippen molar-refractivity contribution in [1.82, 2.24) is 0 Å². The summed E-state index contributed by atoms with van der Waals surface area (Å²) in [6.07, 6.45) is 0. The zero-order valence-corrected chi connectivity index (χ0v) is 17.1. The maximum Gasteiger partial charge on any atom is 0.262 e. The first kappa shape index (κ1) is 20.7. The molecule has 1 amide bonds. The van der Waals surface area contributed by atoms with Gasteiger partial charge in [-0.1, -0.05) is 35.9 Å². The van der Waals surface area contributed by atoms with Crippen LogP contribution in [0.3, 0.4) is 0 Å². The van der Waals surface area contributed by atoms with Crippen molar-refractivity contribution in [2.75, 3.05) is 16.6 Å². The van der Waals surface area contributed by atoms with Crippen LogP contribution in [0.5, 0.6) is 5.75 Å². The summed E-state index contributed by atoms with van der Waals surface area (Å²) in [4.78, 5) is 12.1. The molecule has 0 radical (unpaired) electrons. The largest absolute Gasteiger partial charge is 0.484 e. The number of anilines is 2. The van der Waals surface area contributed by atoms with Crippen LogP contribution < -0.4 is 14.8 Å². The van der Waals surface area contributed by atoms with Crippen molar-refractivity contribution >= 4 is 38.9 Å². The molecule has 0 aliphatic heterocycles. The van der Waals surface area contributed by atoms with Gasteiger partial charge < -0.3 is 10.1 Å². The molecule has 6 nitrogen and oxygen atoms in total. The zero-order chi connectivity index (χ0) is 20.9. The maximum atomic E-state index is 12.6. The lowest BCUT2D eigenvalue weighted by Crippen LogP contribution is -2.20. The summed E-state index contributed by atoms with van der Waals surface area (Å²) >= 11 is 6.04. The lowest BCUT2D eigenvalue weighted by atomic mass is 10.2. The van der Waals surface area contributed by atoms with E-state index in [1.807, 2.05) is 18.2 Å². The van der Waals surface area contributed by atoms with E-state index < -0.39 is 10.0 Å². The van der Waals surface area contributed by atoms with Crippen molar-refractivity contribution in [1.29, 1.82) is 0 Å². The Kier molecular flexibility index (Phi) is 6.41. The minimum atomic E-state index is -3.79. The molecule has 0 fully saturated rings. The smallest absolute Gasteiger partial charge is 0.262 e. The SMILES string of the molecule is Cc1c(Cl)cccc1NS(=O)(=O)c1ccc(NC(=O)COc2ccccc2)cc1. The highest BCUT2D eigenvalue weighted by atomic mass is 35.5. The van der Waals surface area contributed by atoms with Crippen LogP contribution in [0.4, 0.5) is 11.4 Å². The number of nitrogens with one attached hydrogen (secondary N) is 2. The van der Waals surface area contributed by atoms with Crippen molar-refractivity contribution in [3.05, 3.63) is 83.4 Å². The van der Waals surface area contributed by atoms with Crippen molar-refractivity contribution in [2.24, 2.45) is 0 Å². The Balaban J connectivity index is 1.63. The molecule has 0 aliphatic carbocycles. The Bertz CT molecular complexity index is 1100. The number of sulfonamides is 1. The van der Waals surface area contributed by atoms with Gasteiger partial charge in [0.2, 0.25) is 0 Å². The van der Waals surface area contributed by atoms with Gasteiger partial charge in [0.1, 0.15) is 5.75 Å². The third-order valence-corrected chi connectivity index (χ3v) is 5.86. The lowest BCUT2D eigenvalue weighted by molar-refractivity contribution is -0.118. The number of amides is 1. The normalized spacial score (nSPS) is 11.0. The van der Waals surface area contributed by atoms with Gasteiger partial charge in [-0.2, -0.15) is 0 Å². The summed E-state index contributed by atoms with van der Waals surface area (Å²) < 4.78 is 33.1. The van der Waals surface area contributed by atoms with E-state index in [1.165, 1.54) is 24.3 Å². The van der Waals surface area contributed by atoms with Crippen LogP contribution >= 0.6 is 11.6 Å². The molecule has 0 heterocycles. The maximum absolute atomic E-state index is 12.6. The van der Waals surface area contributed by atoms with E-state index in [-0.39, 0.29) is 17.4 Å². The molecule has 29 heavy (non-hydrogen) atoms. The highest BCUT2D eigenvalue weighted by molar-refractivity contribution is 7.92. The Labute approximate surface area is 174 Å². The number of ether oxygens (including phenoxy) is 1. The molecule has 0 saturated heterocycles. The van der Waals surface area contributed by atoms with Crippen molar-refractivity contribution < 1.29 is 17.9 Å². The summed E-state index contributed by atoms with van der Waals surface area (Å²) in [5.74, 6) is 0.239. The lowest BCUT2D eigenvalue weighted by Gasteiger charge is -2.12.